The van der Waals surface area contributed by atoms with Gasteiger partial charge in [-0.2, -0.15) is 0 Å². The Bertz CT molecular complexity index is 653. The van der Waals surface area contributed by atoms with E-state index in [0.717, 1.165) is 9.88 Å². The van der Waals surface area contributed by atoms with Crippen LogP contribution in [0, 0.1) is 6.92 Å². The van der Waals surface area contributed by atoms with Gasteiger partial charge in [-0.1, -0.05) is 23.7 Å². The molecule has 0 radical (unpaired) electrons. The summed E-state index contributed by atoms with van der Waals surface area (Å²) < 4.78 is 26.5. The fourth-order valence-electron chi connectivity index (χ4n) is 1.38. The third-order valence-electron chi connectivity index (χ3n) is 2.21. The number of sulfonamides is 1. The van der Waals surface area contributed by atoms with Crippen molar-refractivity contribution < 1.29 is 8.42 Å². The van der Waals surface area contributed by atoms with Crippen molar-refractivity contribution in [2.75, 3.05) is 0 Å². The number of hydrogen-bond acceptors (Lipinski definition) is 4. The van der Waals surface area contributed by atoms with E-state index in [1.807, 2.05) is 6.92 Å². The van der Waals surface area contributed by atoms with Gasteiger partial charge in [0.05, 0.1) is 11.6 Å². The highest BCUT2D eigenvalue weighted by molar-refractivity contribution is 7.89. The zero-order chi connectivity index (χ0) is 13.2. The highest BCUT2D eigenvalue weighted by Gasteiger charge is 2.17. The van der Waals surface area contributed by atoms with E-state index in [4.69, 9.17) is 11.6 Å². The molecule has 0 unspecified atom stereocenters. The molecule has 1 aromatic carbocycles. The minimum Gasteiger partial charge on any atom is -0.248 e. The monoisotopic (exact) mass is 302 g/mol. The van der Waals surface area contributed by atoms with Crippen molar-refractivity contribution in [3.05, 3.63) is 45.4 Å². The number of aromatic nitrogens is 1. The highest BCUT2D eigenvalue weighted by Crippen LogP contribution is 2.20. The van der Waals surface area contributed by atoms with Crippen molar-refractivity contribution in [2.45, 2.75) is 18.4 Å². The normalized spacial score (nSPS) is 11.7. The lowest BCUT2D eigenvalue weighted by atomic mass is 10.4. The molecule has 0 saturated heterocycles. The summed E-state index contributed by atoms with van der Waals surface area (Å²) in [5.41, 5.74) is 0. The van der Waals surface area contributed by atoms with Crippen molar-refractivity contribution in [3.63, 3.8) is 0 Å². The van der Waals surface area contributed by atoms with Crippen LogP contribution in [0.1, 0.15) is 9.88 Å². The van der Waals surface area contributed by atoms with Crippen LogP contribution in [0.25, 0.3) is 0 Å². The van der Waals surface area contributed by atoms with Crippen LogP contribution in [0.4, 0.5) is 0 Å². The Hall–Kier alpha value is -0.950. The third kappa shape index (κ3) is 3.08. The molecular weight excluding hydrogens is 292 g/mol. The Kier molecular flexibility index (Phi) is 4.01. The average molecular weight is 303 g/mol. The zero-order valence-corrected chi connectivity index (χ0v) is 11.9. The van der Waals surface area contributed by atoms with Gasteiger partial charge in [0.25, 0.3) is 0 Å². The minimum absolute atomic E-state index is 0.0833. The van der Waals surface area contributed by atoms with E-state index in [1.165, 1.54) is 17.4 Å². The summed E-state index contributed by atoms with van der Waals surface area (Å²) in [7, 11) is -3.60. The molecule has 0 spiro atoms. The maximum absolute atomic E-state index is 12.0. The molecule has 0 bridgehead atoms. The molecule has 0 aliphatic carbocycles. The molecular formula is C11H11ClN2O2S2. The zero-order valence-electron chi connectivity index (χ0n) is 9.55. The van der Waals surface area contributed by atoms with Crippen LogP contribution >= 0.6 is 22.9 Å². The van der Waals surface area contributed by atoms with Gasteiger partial charge < -0.3 is 0 Å². The Morgan fingerprint density at radius 1 is 1.39 bits per heavy atom. The Balaban J connectivity index is 2.16. The summed E-state index contributed by atoms with van der Waals surface area (Å²) in [4.78, 5) is 5.22. The van der Waals surface area contributed by atoms with E-state index in [2.05, 4.69) is 9.71 Å². The molecule has 1 N–H and O–H groups in total. The summed E-state index contributed by atoms with van der Waals surface area (Å²) in [5, 5.41) is 0.934. The van der Waals surface area contributed by atoms with Crippen molar-refractivity contribution >= 4 is 33.0 Å². The van der Waals surface area contributed by atoms with E-state index in [0.29, 0.717) is 0 Å². The molecule has 2 aromatic rings. The van der Waals surface area contributed by atoms with Gasteiger partial charge in [0, 0.05) is 11.1 Å². The number of nitrogens with zero attached hydrogens (tertiary/aromatic N) is 1. The average Bonchev–Trinajstić information content (AvgIpc) is 2.73. The van der Waals surface area contributed by atoms with E-state index in [1.54, 1.807) is 24.4 Å². The lowest BCUT2D eigenvalue weighted by Crippen LogP contribution is -2.23. The van der Waals surface area contributed by atoms with E-state index in [9.17, 15) is 8.42 Å². The maximum Gasteiger partial charge on any atom is 0.242 e. The molecule has 0 amide bonds. The van der Waals surface area contributed by atoms with Crippen molar-refractivity contribution in [1.29, 1.82) is 0 Å². The van der Waals surface area contributed by atoms with Crippen LogP contribution in [0.15, 0.2) is 35.4 Å². The van der Waals surface area contributed by atoms with E-state index in [-0.39, 0.29) is 16.5 Å². The van der Waals surface area contributed by atoms with Crippen molar-refractivity contribution in [2.24, 2.45) is 0 Å². The summed E-state index contributed by atoms with van der Waals surface area (Å²) in [5.74, 6) is 0. The molecule has 1 aromatic heterocycles. The van der Waals surface area contributed by atoms with Crippen LogP contribution in [0.2, 0.25) is 5.02 Å². The summed E-state index contributed by atoms with van der Waals surface area (Å²) in [6.07, 6.45) is 1.71. The molecule has 7 heteroatoms. The minimum atomic E-state index is -3.60. The SMILES string of the molecule is Cc1cnc(CNS(=O)(=O)c2ccccc2Cl)s1. The van der Waals surface area contributed by atoms with Gasteiger partial charge in [0.1, 0.15) is 9.90 Å². The molecule has 0 aliphatic heterocycles. The second-order valence-corrected chi connectivity index (χ2v) is 7.08. The number of thiazole rings is 1. The fourth-order valence-corrected chi connectivity index (χ4v) is 3.70. The summed E-state index contributed by atoms with van der Waals surface area (Å²) in [6.45, 7) is 2.09. The second kappa shape index (κ2) is 5.36. The maximum atomic E-state index is 12.0. The smallest absolute Gasteiger partial charge is 0.242 e. The summed E-state index contributed by atoms with van der Waals surface area (Å²) >= 11 is 7.32. The number of benzene rings is 1. The number of aryl methyl sites for hydroxylation is 1. The first-order valence-corrected chi connectivity index (χ1v) is 7.82. The van der Waals surface area contributed by atoms with Gasteiger partial charge in [-0.25, -0.2) is 18.1 Å². The van der Waals surface area contributed by atoms with Crippen LogP contribution in [-0.4, -0.2) is 13.4 Å². The second-order valence-electron chi connectivity index (χ2n) is 3.62. The number of hydrogen-bond donors (Lipinski definition) is 1. The van der Waals surface area contributed by atoms with Gasteiger partial charge in [0.15, 0.2) is 0 Å². The van der Waals surface area contributed by atoms with Crippen molar-refractivity contribution in [1.82, 2.24) is 9.71 Å². The quantitative estimate of drug-likeness (QED) is 0.944. The molecule has 96 valence electrons. The lowest BCUT2D eigenvalue weighted by molar-refractivity contribution is 0.581. The Morgan fingerprint density at radius 2 is 2.11 bits per heavy atom. The lowest BCUT2D eigenvalue weighted by Gasteiger charge is -2.06. The number of halogens is 1. The first-order valence-electron chi connectivity index (χ1n) is 5.14. The predicted octanol–water partition coefficient (Wildman–Crippen LogP) is 2.58. The Morgan fingerprint density at radius 3 is 2.72 bits per heavy atom. The molecule has 0 atom stereocenters. The number of rotatable bonds is 4. The first-order chi connectivity index (χ1) is 8.49. The van der Waals surface area contributed by atoms with Crippen LogP contribution in [-0.2, 0) is 16.6 Å². The van der Waals surface area contributed by atoms with E-state index >= 15 is 0 Å². The predicted molar refractivity (Wildman–Crippen MR) is 72.3 cm³/mol. The van der Waals surface area contributed by atoms with Gasteiger partial charge in [-0.05, 0) is 19.1 Å². The fraction of sp³-hybridized carbons (Fsp3) is 0.182. The molecule has 18 heavy (non-hydrogen) atoms. The van der Waals surface area contributed by atoms with Gasteiger partial charge in [0.2, 0.25) is 10.0 Å². The van der Waals surface area contributed by atoms with Crippen LogP contribution in [0.3, 0.4) is 0 Å². The molecule has 2 rings (SSSR count). The highest BCUT2D eigenvalue weighted by atomic mass is 35.5. The molecule has 4 nitrogen and oxygen atoms in total. The molecule has 0 aliphatic rings. The number of nitrogens with one attached hydrogen (secondary N) is 1. The Labute approximate surface area is 115 Å². The van der Waals surface area contributed by atoms with E-state index < -0.39 is 10.0 Å². The first kappa shape index (κ1) is 13.5. The van der Waals surface area contributed by atoms with Crippen LogP contribution < -0.4 is 4.72 Å². The standard InChI is InChI=1S/C11H11ClN2O2S2/c1-8-6-13-11(17-8)7-14-18(15,16)10-5-3-2-4-9(10)12/h2-6,14H,7H2,1H3. The largest absolute Gasteiger partial charge is 0.248 e. The van der Waals surface area contributed by atoms with Crippen molar-refractivity contribution in [3.8, 4) is 0 Å². The van der Waals surface area contributed by atoms with Gasteiger partial charge in [-0.15, -0.1) is 11.3 Å². The third-order valence-corrected chi connectivity index (χ3v) is 5.02. The topological polar surface area (TPSA) is 59.1 Å². The van der Waals surface area contributed by atoms with Crippen LogP contribution in [0.5, 0.6) is 0 Å². The molecule has 0 fully saturated rings. The molecule has 1 heterocycles. The summed E-state index contributed by atoms with van der Waals surface area (Å²) in [6, 6.07) is 6.33. The van der Waals surface area contributed by atoms with Gasteiger partial charge >= 0.3 is 0 Å². The van der Waals surface area contributed by atoms with Gasteiger partial charge in [-0.3, -0.25) is 0 Å². The molecule has 0 saturated carbocycles.